The number of methoxy groups -OCH3 is 1. The van der Waals surface area contributed by atoms with E-state index < -0.39 is 47.9 Å². The molecule has 0 aliphatic carbocycles. The van der Waals surface area contributed by atoms with Gasteiger partial charge in [-0.25, -0.2) is 4.79 Å². The van der Waals surface area contributed by atoms with Crippen LogP contribution < -0.4 is 20.7 Å². The first-order valence-corrected chi connectivity index (χ1v) is 15.7. The first kappa shape index (κ1) is 35.4. The molecule has 10 heteroatoms. The number of carbonyl (C=O) groups excluding carboxylic acids is 4. The van der Waals surface area contributed by atoms with Crippen molar-refractivity contribution in [3.63, 3.8) is 0 Å². The molecule has 9 nitrogen and oxygen atoms in total. The predicted molar refractivity (Wildman–Crippen MR) is 176 cm³/mol. The number of halogens is 1. The predicted octanol–water partition coefficient (Wildman–Crippen LogP) is 5.02. The maximum Gasteiger partial charge on any atom is 0.328 e. The van der Waals surface area contributed by atoms with Crippen LogP contribution in [0.3, 0.4) is 0 Å². The Hall–Kier alpha value is -4.11. The molecule has 0 saturated heterocycles. The monoisotopic (exact) mass is 637 g/mol. The SMILES string of the molecule is COc1ccc(C[C@@H]2CC(=O)N[C@@H](C)C(=O)N[C@@H](CC(C)C)C(=O)O[C@H]([C@H](C)/C=C/c3ccccc3)C/C=C/C(=O)N2)cc1Cl. The molecule has 2 aromatic carbocycles. The Morgan fingerprint density at radius 1 is 1.02 bits per heavy atom. The number of amides is 3. The van der Waals surface area contributed by atoms with Crippen molar-refractivity contribution in [2.24, 2.45) is 11.8 Å². The van der Waals surface area contributed by atoms with Crippen molar-refractivity contribution < 1.29 is 28.7 Å². The zero-order chi connectivity index (χ0) is 32.9. The van der Waals surface area contributed by atoms with Crippen LogP contribution >= 0.6 is 11.6 Å². The average Bonchev–Trinajstić information content (AvgIpc) is 2.98. The number of cyclic esters (lactones) is 1. The lowest BCUT2D eigenvalue weighted by Crippen LogP contribution is -2.52. The quantitative estimate of drug-likeness (QED) is 0.349. The molecule has 1 aliphatic rings. The van der Waals surface area contributed by atoms with Crippen LogP contribution in [0.5, 0.6) is 5.75 Å². The second-order valence-corrected chi connectivity index (χ2v) is 12.2. The van der Waals surface area contributed by atoms with Gasteiger partial charge in [0.15, 0.2) is 0 Å². The number of hydrogen-bond acceptors (Lipinski definition) is 6. The number of esters is 1. The van der Waals surface area contributed by atoms with Gasteiger partial charge in [0.1, 0.15) is 23.9 Å². The molecule has 0 spiro atoms. The summed E-state index contributed by atoms with van der Waals surface area (Å²) in [4.78, 5) is 52.6. The molecule has 0 fully saturated rings. The lowest BCUT2D eigenvalue weighted by Gasteiger charge is -2.27. The average molecular weight is 638 g/mol. The molecule has 1 aliphatic heterocycles. The fourth-order valence-corrected chi connectivity index (χ4v) is 5.26. The molecular formula is C35H44ClN3O6. The van der Waals surface area contributed by atoms with Crippen LogP contribution in [0.25, 0.3) is 6.08 Å². The third-order valence-electron chi connectivity index (χ3n) is 7.44. The van der Waals surface area contributed by atoms with Crippen LogP contribution in [0.2, 0.25) is 5.02 Å². The molecule has 3 amide bonds. The number of benzene rings is 2. The molecule has 0 bridgehead atoms. The fraction of sp³-hybridized carbons (Fsp3) is 0.429. The molecule has 2 aromatic rings. The maximum atomic E-state index is 13.4. The van der Waals surface area contributed by atoms with Crippen molar-refractivity contribution in [1.29, 1.82) is 0 Å². The Kier molecular flexibility index (Phi) is 13.7. The van der Waals surface area contributed by atoms with Crippen LogP contribution in [-0.4, -0.2) is 55.0 Å². The first-order valence-electron chi connectivity index (χ1n) is 15.3. The summed E-state index contributed by atoms with van der Waals surface area (Å²) in [5.74, 6) is -1.51. The minimum Gasteiger partial charge on any atom is -0.495 e. The Morgan fingerprint density at radius 3 is 2.42 bits per heavy atom. The fourth-order valence-electron chi connectivity index (χ4n) is 4.98. The Morgan fingerprint density at radius 2 is 1.76 bits per heavy atom. The van der Waals surface area contributed by atoms with E-state index in [4.69, 9.17) is 21.1 Å². The number of carbonyl (C=O) groups is 4. The third kappa shape index (κ3) is 11.7. The van der Waals surface area contributed by atoms with E-state index in [1.165, 1.54) is 13.2 Å². The van der Waals surface area contributed by atoms with Crippen molar-refractivity contribution in [2.45, 2.75) is 77.6 Å². The summed E-state index contributed by atoms with van der Waals surface area (Å²) in [5, 5.41) is 8.78. The number of rotatable bonds is 8. The number of nitrogens with one attached hydrogen (secondary N) is 3. The summed E-state index contributed by atoms with van der Waals surface area (Å²) < 4.78 is 11.2. The van der Waals surface area contributed by atoms with Gasteiger partial charge in [-0.2, -0.15) is 0 Å². The molecule has 0 unspecified atom stereocenters. The van der Waals surface area contributed by atoms with Gasteiger partial charge in [-0.1, -0.05) is 87.0 Å². The Balaban J connectivity index is 1.89. The zero-order valence-electron chi connectivity index (χ0n) is 26.5. The van der Waals surface area contributed by atoms with E-state index in [1.54, 1.807) is 25.1 Å². The van der Waals surface area contributed by atoms with Crippen molar-refractivity contribution in [1.82, 2.24) is 16.0 Å². The van der Waals surface area contributed by atoms with E-state index in [0.29, 0.717) is 23.6 Å². The molecule has 45 heavy (non-hydrogen) atoms. The normalized spacial score (nSPS) is 23.5. The standard InChI is InChI=1S/C35H44ClN3O6/c1-22(2)18-29-35(43)45-30(23(3)14-15-25-10-7-6-8-11-25)12-9-13-32(40)38-27(21-33(41)37-24(4)34(42)39-29)19-26-16-17-31(44-5)28(36)20-26/h6-11,13-17,20,22-24,27,29-30H,12,18-19,21H2,1-5H3,(H,37,41)(H,38,40)(H,39,42)/b13-9+,15-14+/t23-,24+,27-,29+,30+/m1/s1. The van der Waals surface area contributed by atoms with E-state index in [9.17, 15) is 19.2 Å². The van der Waals surface area contributed by atoms with Crippen LogP contribution in [0.15, 0.2) is 66.8 Å². The van der Waals surface area contributed by atoms with Crippen molar-refractivity contribution in [2.75, 3.05) is 7.11 Å². The summed E-state index contributed by atoms with van der Waals surface area (Å²) in [6.45, 7) is 7.38. The lowest BCUT2D eigenvalue weighted by atomic mass is 9.98. The van der Waals surface area contributed by atoms with E-state index in [-0.39, 0.29) is 24.7 Å². The molecule has 3 rings (SSSR count). The summed E-state index contributed by atoms with van der Waals surface area (Å²) in [7, 11) is 1.52. The van der Waals surface area contributed by atoms with Gasteiger partial charge in [-0.3, -0.25) is 14.4 Å². The second-order valence-electron chi connectivity index (χ2n) is 11.8. The van der Waals surface area contributed by atoms with Crippen LogP contribution in [0.1, 0.15) is 58.1 Å². The summed E-state index contributed by atoms with van der Waals surface area (Å²) in [5.41, 5.74) is 1.80. The number of ether oxygens (including phenoxy) is 2. The van der Waals surface area contributed by atoms with Crippen molar-refractivity contribution >= 4 is 41.4 Å². The van der Waals surface area contributed by atoms with Gasteiger partial charge in [-0.15, -0.1) is 0 Å². The molecule has 0 aromatic heterocycles. The topological polar surface area (TPSA) is 123 Å². The smallest absolute Gasteiger partial charge is 0.328 e. The minimum absolute atomic E-state index is 0.0811. The van der Waals surface area contributed by atoms with E-state index in [1.807, 2.05) is 69.3 Å². The van der Waals surface area contributed by atoms with E-state index >= 15 is 0 Å². The lowest BCUT2D eigenvalue weighted by molar-refractivity contribution is -0.155. The van der Waals surface area contributed by atoms with Gasteiger partial charge in [-0.05, 0) is 55.0 Å². The largest absolute Gasteiger partial charge is 0.495 e. The highest BCUT2D eigenvalue weighted by Crippen LogP contribution is 2.26. The Bertz CT molecular complexity index is 1380. The van der Waals surface area contributed by atoms with Gasteiger partial charge < -0.3 is 25.4 Å². The third-order valence-corrected chi connectivity index (χ3v) is 7.73. The first-order chi connectivity index (χ1) is 21.4. The van der Waals surface area contributed by atoms with Gasteiger partial charge in [0, 0.05) is 24.8 Å². The van der Waals surface area contributed by atoms with Gasteiger partial charge >= 0.3 is 5.97 Å². The molecule has 5 atom stereocenters. The molecule has 0 saturated carbocycles. The zero-order valence-corrected chi connectivity index (χ0v) is 27.3. The molecule has 242 valence electrons. The number of hydrogen-bond donors (Lipinski definition) is 3. The highest BCUT2D eigenvalue weighted by Gasteiger charge is 2.30. The van der Waals surface area contributed by atoms with Gasteiger partial charge in [0.05, 0.1) is 12.1 Å². The van der Waals surface area contributed by atoms with Crippen LogP contribution in [0, 0.1) is 11.8 Å². The highest BCUT2D eigenvalue weighted by molar-refractivity contribution is 6.32. The van der Waals surface area contributed by atoms with Crippen LogP contribution in [0.4, 0.5) is 0 Å². The van der Waals surface area contributed by atoms with Crippen molar-refractivity contribution in [3.05, 3.63) is 82.9 Å². The minimum atomic E-state index is -0.928. The summed E-state index contributed by atoms with van der Waals surface area (Å²) >= 11 is 6.31. The summed E-state index contributed by atoms with van der Waals surface area (Å²) in [6, 6.07) is 12.6. The second kappa shape index (κ2) is 17.4. The van der Waals surface area contributed by atoms with E-state index in [2.05, 4.69) is 16.0 Å². The molecule has 1 heterocycles. The summed E-state index contributed by atoms with van der Waals surface area (Å²) in [6.07, 6.45) is 7.22. The van der Waals surface area contributed by atoms with Gasteiger partial charge in [0.2, 0.25) is 17.7 Å². The van der Waals surface area contributed by atoms with Gasteiger partial charge in [0.25, 0.3) is 0 Å². The molecule has 3 N–H and O–H groups in total. The highest BCUT2D eigenvalue weighted by atomic mass is 35.5. The maximum absolute atomic E-state index is 13.4. The van der Waals surface area contributed by atoms with Crippen molar-refractivity contribution in [3.8, 4) is 5.75 Å². The Labute approximate surface area is 270 Å². The molecular weight excluding hydrogens is 594 g/mol. The molecule has 0 radical (unpaired) electrons. The van der Waals surface area contributed by atoms with E-state index in [0.717, 1.165) is 11.1 Å². The van der Waals surface area contributed by atoms with Crippen LogP contribution in [-0.2, 0) is 30.3 Å².